The number of carboxylic acids is 2. The first kappa shape index (κ1) is 35.7. The Labute approximate surface area is 278 Å². The number of rotatable bonds is 13. The number of fused-ring (bicyclic) bond motifs is 7. The van der Waals surface area contributed by atoms with Gasteiger partial charge < -0.3 is 20.6 Å². The molecule has 10 atom stereocenters. The largest absolute Gasteiger partial charge is 0.481 e. The molecule has 5 rings (SSSR count). The number of hydrogen-bond donors (Lipinski definition) is 4. The first-order chi connectivity index (χ1) is 21.6. The van der Waals surface area contributed by atoms with Crippen LogP contribution in [0.5, 0.6) is 0 Å². The van der Waals surface area contributed by atoms with E-state index in [9.17, 15) is 24.6 Å². The first-order valence-corrected chi connectivity index (χ1v) is 19.1. The molecular formula is C39H65NO6. The van der Waals surface area contributed by atoms with Crippen LogP contribution in [-0.4, -0.2) is 45.8 Å². The lowest BCUT2D eigenvalue weighted by Crippen LogP contribution is -2.67. The van der Waals surface area contributed by atoms with Gasteiger partial charge >= 0.3 is 11.9 Å². The standard InChI is InChI=1S/C39H65NO6/c1-35(2)28-18-21-38(5)29(36(28,3)20-19-30(35)41)16-15-27-32-26(33(44)45)17-22-39(32,24-23-37(27,38)4)34(46)40-25-13-11-9-7-6-8-10-12-14-31(42)43/h26-30,32,41H,6-25H2,1-5H3,(H,40,46)(H,42,43)(H,44,45)/t26-,27?,28+,29-,30+,32-,36+,37-,38-,39+/m1/s1. The van der Waals surface area contributed by atoms with E-state index in [0.29, 0.717) is 31.2 Å². The molecule has 0 spiro atoms. The Morgan fingerprint density at radius 2 is 1.33 bits per heavy atom. The molecule has 7 heteroatoms. The molecule has 46 heavy (non-hydrogen) atoms. The maximum atomic E-state index is 14.2. The van der Waals surface area contributed by atoms with Crippen molar-refractivity contribution < 1.29 is 29.7 Å². The molecule has 262 valence electrons. The van der Waals surface area contributed by atoms with Gasteiger partial charge in [-0.1, -0.05) is 73.1 Å². The third-order valence-electron chi connectivity index (χ3n) is 15.8. The summed E-state index contributed by atoms with van der Waals surface area (Å²) in [6, 6.07) is 0. The minimum Gasteiger partial charge on any atom is -0.481 e. The highest BCUT2D eigenvalue weighted by Gasteiger charge is 2.72. The minimum atomic E-state index is -0.713. The second-order valence-electron chi connectivity index (χ2n) is 17.9. The Bertz CT molecular complexity index is 1140. The molecule has 0 heterocycles. The first-order valence-electron chi connectivity index (χ1n) is 19.1. The van der Waals surface area contributed by atoms with E-state index in [-0.39, 0.29) is 51.9 Å². The van der Waals surface area contributed by atoms with Gasteiger partial charge in [-0.15, -0.1) is 0 Å². The van der Waals surface area contributed by atoms with Crippen LogP contribution in [0.25, 0.3) is 0 Å². The normalized spacial score (nSPS) is 42.7. The Hall–Kier alpha value is -1.63. The number of hydrogen-bond acceptors (Lipinski definition) is 4. The Kier molecular flexibility index (Phi) is 10.4. The average Bonchev–Trinajstić information content (AvgIpc) is 3.39. The number of carbonyl (C=O) groups is 3. The summed E-state index contributed by atoms with van der Waals surface area (Å²) in [5.41, 5.74) is -0.369. The van der Waals surface area contributed by atoms with Gasteiger partial charge in [0.2, 0.25) is 5.91 Å². The molecule has 5 aliphatic carbocycles. The predicted molar refractivity (Wildman–Crippen MR) is 180 cm³/mol. The summed E-state index contributed by atoms with van der Waals surface area (Å²) in [4.78, 5) is 37.6. The van der Waals surface area contributed by atoms with E-state index in [2.05, 4.69) is 39.9 Å². The third-order valence-corrected chi connectivity index (χ3v) is 15.8. The molecule has 5 aliphatic rings. The van der Waals surface area contributed by atoms with E-state index in [0.717, 1.165) is 103 Å². The molecule has 0 aromatic heterocycles. The van der Waals surface area contributed by atoms with Gasteiger partial charge in [0.05, 0.1) is 17.4 Å². The van der Waals surface area contributed by atoms with Crippen molar-refractivity contribution >= 4 is 17.8 Å². The summed E-state index contributed by atoms with van der Waals surface area (Å²) >= 11 is 0. The van der Waals surface area contributed by atoms with Crippen molar-refractivity contribution in [2.24, 2.45) is 56.7 Å². The molecule has 0 bridgehead atoms. The molecule has 0 aromatic carbocycles. The van der Waals surface area contributed by atoms with Crippen LogP contribution in [0.15, 0.2) is 0 Å². The van der Waals surface area contributed by atoms with Crippen LogP contribution < -0.4 is 5.32 Å². The number of unbranched alkanes of at least 4 members (excludes halogenated alkanes) is 7. The van der Waals surface area contributed by atoms with E-state index in [1.54, 1.807) is 0 Å². The fraction of sp³-hybridized carbons (Fsp3) is 0.923. The molecule has 7 nitrogen and oxygen atoms in total. The summed E-state index contributed by atoms with van der Waals surface area (Å²) < 4.78 is 0. The van der Waals surface area contributed by atoms with Crippen molar-refractivity contribution in [1.29, 1.82) is 0 Å². The van der Waals surface area contributed by atoms with Crippen LogP contribution in [-0.2, 0) is 14.4 Å². The van der Waals surface area contributed by atoms with E-state index in [4.69, 9.17) is 5.11 Å². The lowest BCUT2D eigenvalue weighted by molar-refractivity contribution is -0.247. The van der Waals surface area contributed by atoms with Gasteiger partial charge in [0.1, 0.15) is 0 Å². The van der Waals surface area contributed by atoms with Gasteiger partial charge in [0, 0.05) is 13.0 Å². The molecule has 0 radical (unpaired) electrons. The summed E-state index contributed by atoms with van der Waals surface area (Å²) in [6.45, 7) is 12.8. The van der Waals surface area contributed by atoms with E-state index < -0.39 is 23.3 Å². The highest BCUT2D eigenvalue weighted by molar-refractivity contribution is 5.85. The molecule has 4 N–H and O–H groups in total. The molecule has 1 unspecified atom stereocenters. The van der Waals surface area contributed by atoms with Crippen molar-refractivity contribution in [3.05, 3.63) is 0 Å². The lowest BCUT2D eigenvalue weighted by atomic mass is 9.32. The van der Waals surface area contributed by atoms with Gasteiger partial charge in [-0.3, -0.25) is 14.4 Å². The second-order valence-corrected chi connectivity index (χ2v) is 17.9. The van der Waals surface area contributed by atoms with E-state index >= 15 is 0 Å². The Morgan fingerprint density at radius 1 is 0.674 bits per heavy atom. The summed E-state index contributed by atoms with van der Waals surface area (Å²) in [6.07, 6.45) is 17.7. The number of carboxylic acid groups (broad SMARTS) is 2. The molecule has 5 fully saturated rings. The topological polar surface area (TPSA) is 124 Å². The van der Waals surface area contributed by atoms with Crippen LogP contribution >= 0.6 is 0 Å². The van der Waals surface area contributed by atoms with Crippen molar-refractivity contribution in [2.75, 3.05) is 6.54 Å². The second kappa shape index (κ2) is 13.3. The zero-order valence-corrected chi connectivity index (χ0v) is 29.7. The van der Waals surface area contributed by atoms with E-state index in [1.807, 2.05) is 0 Å². The highest BCUT2D eigenvalue weighted by Crippen LogP contribution is 2.77. The molecule has 0 aromatic rings. The van der Waals surface area contributed by atoms with Crippen LogP contribution in [0, 0.1) is 56.7 Å². The van der Waals surface area contributed by atoms with Gasteiger partial charge in [0.15, 0.2) is 0 Å². The van der Waals surface area contributed by atoms with Crippen LogP contribution in [0.1, 0.15) is 157 Å². The highest BCUT2D eigenvalue weighted by atomic mass is 16.4. The van der Waals surface area contributed by atoms with Gasteiger partial charge in [-0.05, 0) is 122 Å². The summed E-state index contributed by atoms with van der Waals surface area (Å²) in [5, 5.41) is 33.6. The van der Waals surface area contributed by atoms with Crippen LogP contribution in [0.2, 0.25) is 0 Å². The maximum Gasteiger partial charge on any atom is 0.306 e. The smallest absolute Gasteiger partial charge is 0.306 e. The number of aliphatic hydroxyl groups excluding tert-OH is 1. The van der Waals surface area contributed by atoms with Gasteiger partial charge in [-0.2, -0.15) is 0 Å². The predicted octanol–water partition coefficient (Wildman–Crippen LogP) is 8.23. The number of aliphatic hydroxyl groups is 1. The molecule has 1 amide bonds. The van der Waals surface area contributed by atoms with Gasteiger partial charge in [-0.25, -0.2) is 0 Å². The Morgan fingerprint density at radius 3 is 1.98 bits per heavy atom. The maximum absolute atomic E-state index is 14.2. The molecular weight excluding hydrogens is 578 g/mol. The monoisotopic (exact) mass is 643 g/mol. The Balaban J connectivity index is 1.24. The third kappa shape index (κ3) is 5.85. The zero-order valence-electron chi connectivity index (χ0n) is 29.7. The number of carbonyl (C=O) groups excluding carboxylic acids is 1. The SMILES string of the molecule is CC1(C)[C@@H](O)CC[C@]2(C)[C@H]3CCC4[C@H]5[C@H](C(=O)O)CC[C@]5(C(=O)NCCCCCCCCCCC(=O)O)CC[C@@]4(C)[C@]3(C)CC[C@@H]12. The lowest BCUT2D eigenvalue weighted by Gasteiger charge is -2.72. The zero-order chi connectivity index (χ0) is 33.5. The summed E-state index contributed by atoms with van der Waals surface area (Å²) in [7, 11) is 0. The quantitative estimate of drug-likeness (QED) is 0.150. The number of aliphatic carboxylic acids is 2. The van der Waals surface area contributed by atoms with Crippen LogP contribution in [0.4, 0.5) is 0 Å². The molecule has 0 saturated heterocycles. The number of amides is 1. The number of nitrogens with one attached hydrogen (secondary N) is 1. The minimum absolute atomic E-state index is 0.00418. The fourth-order valence-corrected chi connectivity index (χ4v) is 13.1. The van der Waals surface area contributed by atoms with Gasteiger partial charge in [0.25, 0.3) is 0 Å². The molecule has 0 aliphatic heterocycles. The average molecular weight is 644 g/mol. The van der Waals surface area contributed by atoms with E-state index in [1.165, 1.54) is 0 Å². The molecule has 5 saturated carbocycles. The van der Waals surface area contributed by atoms with Crippen molar-refractivity contribution in [1.82, 2.24) is 5.32 Å². The fourth-order valence-electron chi connectivity index (χ4n) is 13.1. The van der Waals surface area contributed by atoms with Crippen molar-refractivity contribution in [3.8, 4) is 0 Å². The van der Waals surface area contributed by atoms with Crippen molar-refractivity contribution in [2.45, 2.75) is 163 Å². The summed E-state index contributed by atoms with van der Waals surface area (Å²) in [5.74, 6) is -0.546. The van der Waals surface area contributed by atoms with Crippen molar-refractivity contribution in [3.63, 3.8) is 0 Å². The van der Waals surface area contributed by atoms with Crippen LogP contribution in [0.3, 0.4) is 0 Å².